The van der Waals surface area contributed by atoms with Crippen molar-refractivity contribution in [3.05, 3.63) is 87.9 Å². The molecule has 5 nitrogen and oxygen atoms in total. The number of esters is 1. The predicted molar refractivity (Wildman–Crippen MR) is 100 cm³/mol. The Morgan fingerprint density at radius 1 is 1.08 bits per heavy atom. The van der Waals surface area contributed by atoms with Gasteiger partial charge in [0.15, 0.2) is 6.04 Å². The van der Waals surface area contributed by atoms with Crippen LogP contribution in [0.4, 0.5) is 0 Å². The molecule has 2 aromatic carbocycles. The first-order valence-corrected chi connectivity index (χ1v) is 8.97. The molecule has 0 aliphatic heterocycles. The first-order chi connectivity index (χ1) is 12.7. The fourth-order valence-corrected chi connectivity index (χ4v) is 3.32. The molecule has 6 heteroatoms. The molecule has 0 aliphatic carbocycles. The zero-order valence-electron chi connectivity index (χ0n) is 14.2. The number of carbonyl (C=O) groups is 2. The molecule has 0 fully saturated rings. The number of amides is 1. The molecule has 0 spiro atoms. The van der Waals surface area contributed by atoms with Crippen LogP contribution in [0.5, 0.6) is 0 Å². The van der Waals surface area contributed by atoms with Gasteiger partial charge in [0.1, 0.15) is 5.69 Å². The van der Waals surface area contributed by atoms with Crippen molar-refractivity contribution in [2.45, 2.75) is 12.5 Å². The first kappa shape index (κ1) is 17.8. The van der Waals surface area contributed by atoms with Crippen molar-refractivity contribution in [3.63, 3.8) is 0 Å². The number of ether oxygens (including phenoxy) is 1. The lowest BCUT2D eigenvalue weighted by Crippen LogP contribution is -2.34. The zero-order valence-corrected chi connectivity index (χ0v) is 15.0. The quantitative estimate of drug-likeness (QED) is 0.679. The third kappa shape index (κ3) is 4.34. The third-order valence-corrected chi connectivity index (χ3v) is 4.68. The summed E-state index contributed by atoms with van der Waals surface area (Å²) in [4.78, 5) is 29.0. The molecule has 132 valence electrons. The van der Waals surface area contributed by atoms with Gasteiger partial charge in [-0.05, 0) is 11.1 Å². The van der Waals surface area contributed by atoms with Gasteiger partial charge in [-0.2, -0.15) is 0 Å². The van der Waals surface area contributed by atoms with Crippen LogP contribution in [0.15, 0.2) is 66.0 Å². The predicted octanol–water partition coefficient (Wildman–Crippen LogP) is 3.38. The lowest BCUT2D eigenvalue weighted by molar-refractivity contribution is -0.143. The summed E-state index contributed by atoms with van der Waals surface area (Å²) < 4.78 is 4.82. The lowest BCUT2D eigenvalue weighted by Gasteiger charge is -2.16. The molecule has 26 heavy (non-hydrogen) atoms. The molecule has 0 saturated heterocycles. The molecule has 1 amide bonds. The molecular weight excluding hydrogens is 348 g/mol. The van der Waals surface area contributed by atoms with Crippen molar-refractivity contribution >= 4 is 23.2 Å². The van der Waals surface area contributed by atoms with Gasteiger partial charge in [-0.3, -0.25) is 4.79 Å². The van der Waals surface area contributed by atoms with E-state index in [0.29, 0.717) is 17.7 Å². The third-order valence-electron chi connectivity index (χ3n) is 3.83. The largest absolute Gasteiger partial charge is 0.467 e. The molecule has 1 N–H and O–H groups in total. The highest BCUT2D eigenvalue weighted by atomic mass is 32.1. The van der Waals surface area contributed by atoms with Crippen LogP contribution in [0.2, 0.25) is 0 Å². The molecular formula is C20H18N2O3S. The van der Waals surface area contributed by atoms with Crippen LogP contribution in [-0.2, 0) is 16.0 Å². The van der Waals surface area contributed by atoms with Gasteiger partial charge < -0.3 is 10.1 Å². The van der Waals surface area contributed by atoms with Crippen molar-refractivity contribution in [2.75, 3.05) is 7.11 Å². The Labute approximate surface area is 155 Å². The Morgan fingerprint density at radius 2 is 1.73 bits per heavy atom. The van der Waals surface area contributed by atoms with Gasteiger partial charge in [-0.15, -0.1) is 11.3 Å². The molecule has 0 aliphatic rings. The van der Waals surface area contributed by atoms with Crippen LogP contribution in [0, 0.1) is 0 Å². The van der Waals surface area contributed by atoms with E-state index in [2.05, 4.69) is 10.3 Å². The molecule has 0 bridgehead atoms. The molecule has 1 unspecified atom stereocenters. The number of hydrogen-bond donors (Lipinski definition) is 1. The van der Waals surface area contributed by atoms with E-state index in [1.165, 1.54) is 18.4 Å². The number of hydrogen-bond acceptors (Lipinski definition) is 5. The molecule has 0 saturated carbocycles. The number of methoxy groups -OCH3 is 1. The van der Waals surface area contributed by atoms with Gasteiger partial charge in [0, 0.05) is 11.8 Å². The van der Waals surface area contributed by atoms with E-state index in [0.717, 1.165) is 10.6 Å². The van der Waals surface area contributed by atoms with E-state index in [-0.39, 0.29) is 0 Å². The molecule has 1 aromatic heterocycles. The maximum absolute atomic E-state index is 12.5. The summed E-state index contributed by atoms with van der Waals surface area (Å²) in [6.45, 7) is 0. The summed E-state index contributed by atoms with van der Waals surface area (Å²) >= 11 is 1.42. The molecule has 3 rings (SSSR count). The summed E-state index contributed by atoms with van der Waals surface area (Å²) in [7, 11) is 1.30. The monoisotopic (exact) mass is 366 g/mol. The lowest BCUT2D eigenvalue weighted by atomic mass is 10.1. The molecule has 1 heterocycles. The summed E-state index contributed by atoms with van der Waals surface area (Å²) in [5.41, 5.74) is 2.09. The Morgan fingerprint density at radius 3 is 2.38 bits per heavy atom. The maximum atomic E-state index is 12.5. The zero-order chi connectivity index (χ0) is 18.4. The average Bonchev–Trinajstić information content (AvgIpc) is 3.15. The topological polar surface area (TPSA) is 68.3 Å². The van der Waals surface area contributed by atoms with Crippen LogP contribution >= 0.6 is 11.3 Å². The van der Waals surface area contributed by atoms with Gasteiger partial charge in [-0.25, -0.2) is 9.78 Å². The van der Waals surface area contributed by atoms with Crippen LogP contribution < -0.4 is 5.32 Å². The number of thiazole rings is 1. The highest BCUT2D eigenvalue weighted by Crippen LogP contribution is 2.18. The smallest absolute Gasteiger partial charge is 0.333 e. The van der Waals surface area contributed by atoms with Crippen LogP contribution in [-0.4, -0.2) is 24.0 Å². The number of nitrogens with one attached hydrogen (secondary N) is 1. The minimum atomic E-state index is -0.868. The second-order valence-corrected chi connectivity index (χ2v) is 6.57. The van der Waals surface area contributed by atoms with Crippen LogP contribution in [0.1, 0.15) is 32.7 Å². The minimum Gasteiger partial charge on any atom is -0.467 e. The van der Waals surface area contributed by atoms with Crippen molar-refractivity contribution < 1.29 is 14.3 Å². The van der Waals surface area contributed by atoms with E-state index >= 15 is 0 Å². The van der Waals surface area contributed by atoms with Crippen LogP contribution in [0.25, 0.3) is 0 Å². The van der Waals surface area contributed by atoms with Crippen molar-refractivity contribution in [1.82, 2.24) is 10.3 Å². The molecule has 3 aromatic rings. The van der Waals surface area contributed by atoms with E-state index in [1.54, 1.807) is 29.6 Å². The van der Waals surface area contributed by atoms with Crippen LogP contribution in [0.3, 0.4) is 0 Å². The number of nitrogens with zero attached hydrogens (tertiary/aromatic N) is 1. The summed E-state index contributed by atoms with van der Waals surface area (Å²) in [6.07, 6.45) is 0.665. The summed E-state index contributed by atoms with van der Waals surface area (Å²) in [6, 6.07) is 18.1. The van der Waals surface area contributed by atoms with Crippen molar-refractivity contribution in [3.8, 4) is 0 Å². The van der Waals surface area contributed by atoms with Crippen molar-refractivity contribution in [1.29, 1.82) is 0 Å². The fourth-order valence-electron chi connectivity index (χ4n) is 2.51. The van der Waals surface area contributed by atoms with E-state index < -0.39 is 17.9 Å². The highest BCUT2D eigenvalue weighted by molar-refractivity contribution is 7.09. The van der Waals surface area contributed by atoms with Crippen molar-refractivity contribution in [2.24, 2.45) is 0 Å². The maximum Gasteiger partial charge on any atom is 0.333 e. The number of benzene rings is 2. The van der Waals surface area contributed by atoms with Gasteiger partial charge in [0.25, 0.3) is 5.91 Å². The Hall–Kier alpha value is -2.99. The first-order valence-electron chi connectivity index (χ1n) is 8.09. The minimum absolute atomic E-state index is 0.297. The SMILES string of the molecule is COC(=O)C(NC(=O)c1csc(Cc2ccccc2)n1)c1ccccc1. The van der Waals surface area contributed by atoms with Gasteiger partial charge in [-0.1, -0.05) is 60.7 Å². The van der Waals surface area contributed by atoms with E-state index in [4.69, 9.17) is 4.74 Å². The average molecular weight is 366 g/mol. The Bertz CT molecular complexity index is 878. The summed E-state index contributed by atoms with van der Waals surface area (Å²) in [5, 5.41) is 5.25. The van der Waals surface area contributed by atoms with Gasteiger partial charge in [0.2, 0.25) is 0 Å². The normalized spacial score (nSPS) is 11.6. The number of rotatable bonds is 6. The van der Waals surface area contributed by atoms with E-state index in [1.807, 2.05) is 36.4 Å². The van der Waals surface area contributed by atoms with Gasteiger partial charge >= 0.3 is 5.97 Å². The number of aromatic nitrogens is 1. The van der Waals surface area contributed by atoms with Gasteiger partial charge in [0.05, 0.1) is 12.1 Å². The number of carbonyl (C=O) groups excluding carboxylic acids is 2. The van der Waals surface area contributed by atoms with E-state index in [9.17, 15) is 9.59 Å². The highest BCUT2D eigenvalue weighted by Gasteiger charge is 2.25. The fraction of sp³-hybridized carbons (Fsp3) is 0.150. The Kier molecular flexibility index (Phi) is 5.76. The second kappa shape index (κ2) is 8.40. The second-order valence-electron chi connectivity index (χ2n) is 5.63. The standard InChI is InChI=1S/C20H18N2O3S/c1-25-20(24)18(15-10-6-3-7-11-15)22-19(23)16-13-26-17(21-16)12-14-8-4-2-5-9-14/h2-11,13,18H,12H2,1H3,(H,22,23). The molecule has 1 atom stereocenters. The Balaban J connectivity index is 1.73. The summed E-state index contributed by atoms with van der Waals surface area (Å²) in [5.74, 6) is -0.927. The molecule has 0 radical (unpaired) electrons.